The van der Waals surface area contributed by atoms with Gasteiger partial charge in [0.05, 0.1) is 18.2 Å². The summed E-state index contributed by atoms with van der Waals surface area (Å²) >= 11 is 0. The summed E-state index contributed by atoms with van der Waals surface area (Å²) in [5, 5.41) is 11.4. The Balaban J connectivity index is 1.93. The van der Waals surface area contributed by atoms with Crippen LogP contribution in [0.3, 0.4) is 0 Å². The van der Waals surface area contributed by atoms with Gasteiger partial charge in [0.1, 0.15) is 17.3 Å². The molecule has 1 saturated heterocycles. The number of nitrogens with zero attached hydrogens (tertiary/aromatic N) is 1. The zero-order chi connectivity index (χ0) is 25.3. The van der Waals surface area contributed by atoms with Gasteiger partial charge in [0, 0.05) is 11.3 Å². The molecule has 5 nitrogen and oxygen atoms in total. The first-order chi connectivity index (χ1) is 16.7. The van der Waals surface area contributed by atoms with Crippen LogP contribution in [0.1, 0.15) is 55.0 Å². The molecule has 0 aliphatic carbocycles. The molecule has 35 heavy (non-hydrogen) atoms. The summed E-state index contributed by atoms with van der Waals surface area (Å²) in [7, 11) is 0. The normalized spacial score (nSPS) is 17.3. The average molecular weight is 474 g/mol. The quantitative estimate of drug-likeness (QED) is 0.260. The average Bonchev–Trinajstić information content (AvgIpc) is 3.10. The van der Waals surface area contributed by atoms with Crippen LogP contribution in [0, 0.1) is 12.7 Å². The Hall–Kier alpha value is -3.93. The van der Waals surface area contributed by atoms with E-state index in [1.807, 2.05) is 52.0 Å². The van der Waals surface area contributed by atoms with Crippen LogP contribution in [-0.4, -0.2) is 23.4 Å². The summed E-state index contributed by atoms with van der Waals surface area (Å²) in [6.07, 6.45) is 0. The maximum atomic E-state index is 13.6. The second-order valence-electron chi connectivity index (χ2n) is 8.90. The molecule has 0 saturated carbocycles. The molecule has 6 heteroatoms. The number of ketones is 1. The van der Waals surface area contributed by atoms with Crippen molar-refractivity contribution in [2.45, 2.75) is 39.7 Å². The third-order valence-corrected chi connectivity index (χ3v) is 6.11. The molecule has 1 N–H and O–H groups in total. The van der Waals surface area contributed by atoms with Crippen molar-refractivity contribution in [1.82, 2.24) is 0 Å². The molecule has 0 radical (unpaired) electrons. The van der Waals surface area contributed by atoms with E-state index in [0.717, 1.165) is 11.1 Å². The molecule has 1 fully saturated rings. The number of ether oxygens (including phenoxy) is 1. The van der Waals surface area contributed by atoms with Gasteiger partial charge in [0.2, 0.25) is 0 Å². The second kappa shape index (κ2) is 9.74. The van der Waals surface area contributed by atoms with Crippen molar-refractivity contribution in [3.05, 3.63) is 100 Å². The van der Waals surface area contributed by atoms with Crippen LogP contribution in [0.5, 0.6) is 5.75 Å². The minimum Gasteiger partial charge on any atom is -0.507 e. The number of rotatable bonds is 6. The molecule has 1 aliphatic heterocycles. The van der Waals surface area contributed by atoms with Crippen LogP contribution in [0.2, 0.25) is 0 Å². The van der Waals surface area contributed by atoms with Gasteiger partial charge in [-0.1, -0.05) is 43.7 Å². The minimum atomic E-state index is -0.866. The molecule has 0 spiro atoms. The van der Waals surface area contributed by atoms with E-state index in [-0.39, 0.29) is 17.3 Å². The predicted molar refractivity (Wildman–Crippen MR) is 134 cm³/mol. The maximum Gasteiger partial charge on any atom is 0.300 e. The molecule has 3 aromatic carbocycles. The van der Waals surface area contributed by atoms with Crippen molar-refractivity contribution in [2.75, 3.05) is 11.5 Å². The zero-order valence-electron chi connectivity index (χ0n) is 20.2. The first-order valence-corrected chi connectivity index (χ1v) is 11.6. The van der Waals surface area contributed by atoms with Gasteiger partial charge < -0.3 is 9.84 Å². The Morgan fingerprint density at radius 3 is 2.40 bits per heavy atom. The fourth-order valence-corrected chi connectivity index (χ4v) is 4.45. The first-order valence-electron chi connectivity index (χ1n) is 11.6. The van der Waals surface area contributed by atoms with Gasteiger partial charge in [-0.25, -0.2) is 4.39 Å². The molecule has 1 aliphatic rings. The van der Waals surface area contributed by atoms with E-state index in [1.54, 1.807) is 18.2 Å². The predicted octanol–water partition coefficient (Wildman–Crippen LogP) is 6.28. The van der Waals surface area contributed by atoms with E-state index in [2.05, 4.69) is 0 Å². The monoisotopic (exact) mass is 473 g/mol. The van der Waals surface area contributed by atoms with Gasteiger partial charge in [0.25, 0.3) is 11.7 Å². The van der Waals surface area contributed by atoms with Crippen molar-refractivity contribution in [2.24, 2.45) is 0 Å². The largest absolute Gasteiger partial charge is 0.507 e. The van der Waals surface area contributed by atoms with Crippen LogP contribution < -0.4 is 9.64 Å². The topological polar surface area (TPSA) is 66.8 Å². The summed E-state index contributed by atoms with van der Waals surface area (Å²) in [4.78, 5) is 27.9. The SMILES string of the molecule is CCOc1ccc(/C(O)=C2/C(=O)C(=O)N(c3ccc(F)cc3)C2c2cccc(C)c2)cc1C(C)C. The molecule has 4 rings (SSSR count). The molecule has 0 aromatic heterocycles. The Bertz CT molecular complexity index is 1310. The van der Waals surface area contributed by atoms with E-state index >= 15 is 0 Å². The van der Waals surface area contributed by atoms with Gasteiger partial charge in [-0.3, -0.25) is 14.5 Å². The number of aryl methyl sites for hydroxylation is 1. The lowest BCUT2D eigenvalue weighted by Crippen LogP contribution is -2.29. The standard InChI is InChI=1S/C29H28FNO4/c1-5-35-24-14-9-20(16-23(24)17(2)3)27(32)25-26(19-8-6-7-18(4)15-19)31(29(34)28(25)33)22-12-10-21(30)11-13-22/h6-17,26,32H,5H2,1-4H3/b27-25-. The molecule has 1 amide bonds. The van der Waals surface area contributed by atoms with Gasteiger partial charge in [-0.2, -0.15) is 0 Å². The van der Waals surface area contributed by atoms with Gasteiger partial charge in [0.15, 0.2) is 0 Å². The molecule has 180 valence electrons. The summed E-state index contributed by atoms with van der Waals surface area (Å²) < 4.78 is 19.3. The zero-order valence-corrected chi connectivity index (χ0v) is 20.2. The number of carbonyl (C=O) groups excluding carboxylic acids is 2. The van der Waals surface area contributed by atoms with Crippen molar-refractivity contribution < 1.29 is 23.8 Å². The second-order valence-corrected chi connectivity index (χ2v) is 8.90. The lowest BCUT2D eigenvalue weighted by molar-refractivity contribution is -0.132. The molecular formula is C29H28FNO4. The maximum absolute atomic E-state index is 13.6. The van der Waals surface area contributed by atoms with E-state index in [4.69, 9.17) is 4.74 Å². The highest BCUT2D eigenvalue weighted by Gasteiger charge is 2.47. The molecule has 3 aromatic rings. The highest BCUT2D eigenvalue weighted by Crippen LogP contribution is 2.43. The van der Waals surface area contributed by atoms with Gasteiger partial charge in [-0.15, -0.1) is 0 Å². The van der Waals surface area contributed by atoms with Crippen LogP contribution >= 0.6 is 0 Å². The third-order valence-electron chi connectivity index (χ3n) is 6.11. The van der Waals surface area contributed by atoms with Crippen LogP contribution in [0.15, 0.2) is 72.3 Å². The lowest BCUT2D eigenvalue weighted by atomic mass is 9.92. The number of hydrogen-bond acceptors (Lipinski definition) is 4. The fraction of sp³-hybridized carbons (Fsp3) is 0.241. The summed E-state index contributed by atoms with van der Waals surface area (Å²) in [6.45, 7) is 8.34. The summed E-state index contributed by atoms with van der Waals surface area (Å²) in [6, 6.07) is 17.2. The highest BCUT2D eigenvalue weighted by molar-refractivity contribution is 6.51. The molecular weight excluding hydrogens is 445 g/mol. The highest BCUT2D eigenvalue weighted by atomic mass is 19.1. The number of amides is 1. The number of benzene rings is 3. The van der Waals surface area contributed by atoms with Crippen molar-refractivity contribution >= 4 is 23.1 Å². The number of hydrogen-bond donors (Lipinski definition) is 1. The Labute approximate surface area is 204 Å². The Morgan fingerprint density at radius 2 is 1.77 bits per heavy atom. The van der Waals surface area contributed by atoms with Gasteiger partial charge >= 0.3 is 0 Å². The minimum absolute atomic E-state index is 0.0104. The van der Waals surface area contributed by atoms with E-state index in [9.17, 15) is 19.1 Å². The molecule has 1 heterocycles. The van der Waals surface area contributed by atoms with Crippen molar-refractivity contribution in [3.63, 3.8) is 0 Å². The van der Waals surface area contributed by atoms with Crippen molar-refractivity contribution in [3.8, 4) is 5.75 Å². The summed E-state index contributed by atoms with van der Waals surface area (Å²) in [5.74, 6) is -1.46. The molecule has 1 atom stereocenters. The van der Waals surface area contributed by atoms with Crippen LogP contribution in [0.4, 0.5) is 10.1 Å². The van der Waals surface area contributed by atoms with Crippen LogP contribution in [-0.2, 0) is 9.59 Å². The van der Waals surface area contributed by atoms with Gasteiger partial charge in [-0.05, 0) is 73.4 Å². The van der Waals surface area contributed by atoms with Crippen molar-refractivity contribution in [1.29, 1.82) is 0 Å². The fourth-order valence-electron chi connectivity index (χ4n) is 4.45. The summed E-state index contributed by atoms with van der Waals surface area (Å²) in [5.41, 5.74) is 3.28. The number of halogens is 1. The van der Waals surface area contributed by atoms with E-state index in [0.29, 0.717) is 29.2 Å². The first kappa shape index (κ1) is 24.2. The van der Waals surface area contributed by atoms with E-state index < -0.39 is 23.5 Å². The molecule has 0 bridgehead atoms. The Morgan fingerprint density at radius 1 is 1.06 bits per heavy atom. The van der Waals surface area contributed by atoms with E-state index in [1.165, 1.54) is 29.2 Å². The molecule has 1 unspecified atom stereocenters. The third kappa shape index (κ3) is 4.56. The number of Topliss-reactive ketones (excluding diaryl/α,β-unsaturated/α-hetero) is 1. The number of aliphatic hydroxyl groups is 1. The number of carbonyl (C=O) groups is 2. The Kier molecular flexibility index (Phi) is 6.74. The number of anilines is 1. The smallest absolute Gasteiger partial charge is 0.300 e. The van der Waals surface area contributed by atoms with Crippen LogP contribution in [0.25, 0.3) is 5.76 Å². The number of aliphatic hydroxyl groups excluding tert-OH is 1. The lowest BCUT2D eigenvalue weighted by Gasteiger charge is -2.26.